The first-order valence-electron chi connectivity index (χ1n) is 3.81. The highest BCUT2D eigenvalue weighted by Gasteiger charge is 2.41. The fourth-order valence-electron chi connectivity index (χ4n) is 1.35. The molecule has 0 unspecified atom stereocenters. The number of aliphatic hydroxyl groups is 1. The molecule has 0 aromatic carbocycles. The number of hydrogen-bond donors (Lipinski definition) is 2. The van der Waals surface area contributed by atoms with Gasteiger partial charge in [0.05, 0.1) is 12.0 Å². The Balaban J connectivity index is 2.54. The van der Waals surface area contributed by atoms with Crippen LogP contribution in [0.25, 0.3) is 0 Å². The van der Waals surface area contributed by atoms with E-state index in [1.807, 2.05) is 6.92 Å². The number of nitrogens with one attached hydrogen (secondary N) is 1. The first-order chi connectivity index (χ1) is 5.20. The Morgan fingerprint density at radius 3 is 2.91 bits per heavy atom. The molecule has 0 spiro atoms. The minimum absolute atomic E-state index is 0.0655. The molecule has 0 aromatic rings. The predicted molar refractivity (Wildman–Crippen MR) is 41.9 cm³/mol. The van der Waals surface area contributed by atoms with Crippen molar-refractivity contribution in [2.75, 3.05) is 0 Å². The Labute approximate surface area is 66.1 Å². The highest BCUT2D eigenvalue weighted by Crippen LogP contribution is 2.21. The average Bonchev–Trinajstić information content (AvgIpc) is 1.99. The van der Waals surface area contributed by atoms with Gasteiger partial charge in [0.1, 0.15) is 0 Å². The van der Waals surface area contributed by atoms with Crippen molar-refractivity contribution in [2.45, 2.75) is 25.5 Å². The molecular formula is C8H13NO2. The van der Waals surface area contributed by atoms with Crippen LogP contribution >= 0.6 is 0 Å². The van der Waals surface area contributed by atoms with Gasteiger partial charge in [-0.15, -0.1) is 6.58 Å². The molecule has 1 fully saturated rings. The maximum atomic E-state index is 10.9. The van der Waals surface area contributed by atoms with Crippen LogP contribution in [0.5, 0.6) is 0 Å². The third-order valence-electron chi connectivity index (χ3n) is 2.11. The lowest BCUT2D eigenvalue weighted by Gasteiger charge is -2.38. The number of aliphatic hydroxyl groups excluding tert-OH is 1. The van der Waals surface area contributed by atoms with E-state index in [4.69, 9.17) is 0 Å². The zero-order valence-electron chi connectivity index (χ0n) is 6.58. The number of rotatable bonds is 3. The molecule has 1 heterocycles. The van der Waals surface area contributed by atoms with Gasteiger partial charge in [-0.05, 0) is 6.42 Å². The summed E-state index contributed by atoms with van der Waals surface area (Å²) < 4.78 is 0. The Bertz CT molecular complexity index is 179. The van der Waals surface area contributed by atoms with Crippen LogP contribution in [-0.4, -0.2) is 23.2 Å². The van der Waals surface area contributed by atoms with E-state index in [1.54, 1.807) is 0 Å². The SMILES string of the molecule is C=C[C@@H](O)[C@@H]1C(=O)N[C@H]1CC. The van der Waals surface area contributed by atoms with E-state index >= 15 is 0 Å². The molecule has 2 N–H and O–H groups in total. The topological polar surface area (TPSA) is 49.3 Å². The van der Waals surface area contributed by atoms with Crippen LogP contribution in [0, 0.1) is 5.92 Å². The van der Waals surface area contributed by atoms with Crippen molar-refractivity contribution in [1.82, 2.24) is 5.32 Å². The summed E-state index contributed by atoms with van der Waals surface area (Å²) in [6.45, 7) is 5.42. The van der Waals surface area contributed by atoms with Gasteiger partial charge in [0.25, 0.3) is 0 Å². The molecule has 62 valence electrons. The summed E-state index contributed by atoms with van der Waals surface area (Å²) >= 11 is 0. The first kappa shape index (κ1) is 8.27. The summed E-state index contributed by atoms with van der Waals surface area (Å²) in [6, 6.07) is 0.135. The van der Waals surface area contributed by atoms with Gasteiger partial charge in [-0.3, -0.25) is 4.79 Å². The van der Waals surface area contributed by atoms with Gasteiger partial charge in [0, 0.05) is 6.04 Å². The number of hydrogen-bond acceptors (Lipinski definition) is 2. The minimum atomic E-state index is -0.686. The van der Waals surface area contributed by atoms with E-state index in [0.29, 0.717) is 0 Å². The lowest BCUT2D eigenvalue weighted by Crippen LogP contribution is -2.61. The van der Waals surface area contributed by atoms with Crippen molar-refractivity contribution in [1.29, 1.82) is 0 Å². The van der Waals surface area contributed by atoms with Crippen LogP contribution in [0.4, 0.5) is 0 Å². The number of carbonyl (C=O) groups is 1. The van der Waals surface area contributed by atoms with Gasteiger partial charge in [0.15, 0.2) is 0 Å². The molecule has 0 bridgehead atoms. The fourth-order valence-corrected chi connectivity index (χ4v) is 1.35. The third kappa shape index (κ3) is 1.28. The second kappa shape index (κ2) is 3.05. The van der Waals surface area contributed by atoms with Crippen LogP contribution in [0.3, 0.4) is 0 Å². The summed E-state index contributed by atoms with van der Waals surface area (Å²) in [5.74, 6) is -0.332. The lowest BCUT2D eigenvalue weighted by molar-refractivity contribution is -0.139. The maximum absolute atomic E-state index is 10.9. The molecule has 1 rings (SSSR count). The molecule has 3 heteroatoms. The molecule has 3 nitrogen and oxygen atoms in total. The van der Waals surface area contributed by atoms with E-state index in [9.17, 15) is 9.90 Å². The molecule has 1 amide bonds. The van der Waals surface area contributed by atoms with Crippen molar-refractivity contribution < 1.29 is 9.90 Å². The largest absolute Gasteiger partial charge is 0.388 e. The molecule has 11 heavy (non-hydrogen) atoms. The number of amides is 1. The standard InChI is InChI=1S/C8H13NO2/c1-3-5-7(6(10)4-2)8(11)9-5/h4-7,10H,2-3H2,1H3,(H,9,11)/t5-,6+,7+/m0/s1. The monoisotopic (exact) mass is 155 g/mol. The smallest absolute Gasteiger partial charge is 0.228 e. The van der Waals surface area contributed by atoms with E-state index in [0.717, 1.165) is 6.42 Å². The second-order valence-electron chi connectivity index (χ2n) is 2.78. The van der Waals surface area contributed by atoms with Crippen LogP contribution in [0.15, 0.2) is 12.7 Å². The van der Waals surface area contributed by atoms with Gasteiger partial charge in [-0.1, -0.05) is 13.0 Å². The lowest BCUT2D eigenvalue weighted by atomic mass is 9.84. The molecule has 1 aliphatic rings. The third-order valence-corrected chi connectivity index (χ3v) is 2.11. The Hall–Kier alpha value is -0.830. The van der Waals surface area contributed by atoms with E-state index in [2.05, 4.69) is 11.9 Å². The molecular weight excluding hydrogens is 142 g/mol. The van der Waals surface area contributed by atoms with Crippen molar-refractivity contribution in [3.63, 3.8) is 0 Å². The van der Waals surface area contributed by atoms with Crippen LogP contribution < -0.4 is 5.32 Å². The van der Waals surface area contributed by atoms with Crippen molar-refractivity contribution in [3.05, 3.63) is 12.7 Å². The quantitative estimate of drug-likeness (QED) is 0.447. The van der Waals surface area contributed by atoms with Crippen molar-refractivity contribution in [2.24, 2.45) is 5.92 Å². The van der Waals surface area contributed by atoms with Gasteiger partial charge in [-0.2, -0.15) is 0 Å². The number of β-lactam (4-membered cyclic amide) rings is 1. The van der Waals surface area contributed by atoms with Crippen molar-refractivity contribution in [3.8, 4) is 0 Å². The Kier molecular flexibility index (Phi) is 2.29. The highest BCUT2D eigenvalue weighted by atomic mass is 16.3. The van der Waals surface area contributed by atoms with Gasteiger partial charge < -0.3 is 10.4 Å². The van der Waals surface area contributed by atoms with Crippen molar-refractivity contribution >= 4 is 5.91 Å². The molecule has 0 saturated carbocycles. The Morgan fingerprint density at radius 2 is 2.55 bits per heavy atom. The molecule has 3 atom stereocenters. The summed E-state index contributed by atoms with van der Waals surface area (Å²) in [4.78, 5) is 10.9. The molecule has 0 radical (unpaired) electrons. The number of carbonyl (C=O) groups excluding carboxylic acids is 1. The van der Waals surface area contributed by atoms with Gasteiger partial charge >= 0.3 is 0 Å². The molecule has 1 saturated heterocycles. The van der Waals surface area contributed by atoms with Gasteiger partial charge in [-0.25, -0.2) is 0 Å². The zero-order valence-corrected chi connectivity index (χ0v) is 6.58. The molecule has 0 aliphatic carbocycles. The fraction of sp³-hybridized carbons (Fsp3) is 0.625. The molecule has 0 aromatic heterocycles. The van der Waals surface area contributed by atoms with Crippen LogP contribution in [-0.2, 0) is 4.79 Å². The first-order valence-corrected chi connectivity index (χ1v) is 3.81. The maximum Gasteiger partial charge on any atom is 0.228 e. The summed E-state index contributed by atoms with van der Waals surface area (Å²) in [7, 11) is 0. The van der Waals surface area contributed by atoms with Gasteiger partial charge in [0.2, 0.25) is 5.91 Å². The predicted octanol–water partition coefficient (Wildman–Crippen LogP) is 0.0579. The van der Waals surface area contributed by atoms with Crippen LogP contribution in [0.2, 0.25) is 0 Å². The highest BCUT2D eigenvalue weighted by molar-refractivity contribution is 5.86. The normalized spacial score (nSPS) is 32.0. The van der Waals surface area contributed by atoms with E-state index in [-0.39, 0.29) is 17.9 Å². The average molecular weight is 155 g/mol. The van der Waals surface area contributed by atoms with Crippen LogP contribution in [0.1, 0.15) is 13.3 Å². The summed E-state index contributed by atoms with van der Waals surface area (Å²) in [5.41, 5.74) is 0. The van der Waals surface area contributed by atoms with E-state index in [1.165, 1.54) is 6.08 Å². The summed E-state index contributed by atoms with van der Waals surface area (Å²) in [5, 5.41) is 12.0. The second-order valence-corrected chi connectivity index (χ2v) is 2.78. The molecule has 1 aliphatic heterocycles. The Morgan fingerprint density at radius 1 is 1.91 bits per heavy atom. The zero-order chi connectivity index (χ0) is 8.43. The summed E-state index contributed by atoms with van der Waals surface area (Å²) in [6.07, 6.45) is 1.58. The van der Waals surface area contributed by atoms with E-state index < -0.39 is 6.10 Å². The minimum Gasteiger partial charge on any atom is -0.388 e.